The van der Waals surface area contributed by atoms with E-state index < -0.39 is 17.3 Å². The molecular formula is C20H22F3N5O3. The van der Waals surface area contributed by atoms with Crippen LogP contribution in [0.5, 0.6) is 5.75 Å². The molecule has 11 heteroatoms. The lowest BCUT2D eigenvalue weighted by Gasteiger charge is -2.31. The van der Waals surface area contributed by atoms with E-state index in [4.69, 9.17) is 10.5 Å². The van der Waals surface area contributed by atoms with Crippen molar-refractivity contribution in [3.8, 4) is 5.75 Å². The number of amides is 1. The predicted octanol–water partition coefficient (Wildman–Crippen LogP) is 1.64. The van der Waals surface area contributed by atoms with E-state index in [0.29, 0.717) is 18.8 Å². The molecule has 4 rings (SSSR count). The molecule has 0 radical (unpaired) electrons. The highest BCUT2D eigenvalue weighted by Crippen LogP contribution is 2.37. The first-order valence-electron chi connectivity index (χ1n) is 9.89. The molecule has 0 saturated carbocycles. The fourth-order valence-electron chi connectivity index (χ4n) is 4.12. The molecule has 1 aromatic carbocycles. The molecule has 0 spiro atoms. The smallest absolute Gasteiger partial charge is 0.423 e. The Labute approximate surface area is 175 Å². The lowest BCUT2D eigenvalue weighted by molar-refractivity contribution is -0.138. The molecule has 8 nitrogen and oxygen atoms in total. The van der Waals surface area contributed by atoms with E-state index in [9.17, 15) is 22.8 Å². The number of rotatable bonds is 5. The minimum absolute atomic E-state index is 0.00611. The van der Waals surface area contributed by atoms with Crippen LogP contribution >= 0.6 is 0 Å². The summed E-state index contributed by atoms with van der Waals surface area (Å²) < 4.78 is 46.2. The zero-order chi connectivity index (χ0) is 22.2. The molecule has 1 aromatic heterocycles. The summed E-state index contributed by atoms with van der Waals surface area (Å²) in [6.07, 6.45) is -2.24. The maximum Gasteiger partial charge on any atom is 0.423 e. The number of carbonyl (C=O) groups is 1. The average molecular weight is 437 g/mol. The van der Waals surface area contributed by atoms with Crippen molar-refractivity contribution in [2.45, 2.75) is 38.2 Å². The number of H-pyrrole nitrogens is 1. The highest BCUT2D eigenvalue weighted by molar-refractivity contribution is 5.75. The number of halogens is 3. The minimum Gasteiger partial charge on any atom is -0.490 e. The first kappa shape index (κ1) is 21.2. The number of carbonyl (C=O) groups excluding carboxylic acids is 1. The van der Waals surface area contributed by atoms with Crippen molar-refractivity contribution < 1.29 is 22.7 Å². The van der Waals surface area contributed by atoms with Crippen LogP contribution in [0.2, 0.25) is 0 Å². The second-order valence-corrected chi connectivity index (χ2v) is 7.80. The fraction of sp³-hybridized carbons (Fsp3) is 0.450. The highest BCUT2D eigenvalue weighted by atomic mass is 19.4. The van der Waals surface area contributed by atoms with Crippen molar-refractivity contribution in [1.29, 1.82) is 0 Å². The van der Waals surface area contributed by atoms with Gasteiger partial charge in [-0.05, 0) is 36.1 Å². The lowest BCUT2D eigenvalue weighted by atomic mass is 10.1. The van der Waals surface area contributed by atoms with E-state index in [-0.39, 0.29) is 37.3 Å². The molecule has 1 fully saturated rings. The Bertz CT molecular complexity index is 1030. The summed E-state index contributed by atoms with van der Waals surface area (Å²) in [5.41, 5.74) is 4.21. The van der Waals surface area contributed by atoms with Crippen LogP contribution in [-0.4, -0.2) is 46.7 Å². The van der Waals surface area contributed by atoms with Crippen LogP contribution in [0.15, 0.2) is 29.2 Å². The topological polar surface area (TPSA) is 105 Å². The molecule has 3 N–H and O–H groups in total. The van der Waals surface area contributed by atoms with Crippen molar-refractivity contribution in [3.63, 3.8) is 0 Å². The standard InChI is InChI=1S/C20H22F3N5O3/c21-20(22,23)18-16(8-25-26-19(18)30)28-9-12-1-2-15(7-13(12)10-28)31-14-3-5-27(6-4-14)11-17(24)29/h1-2,7-8,14H,3-6,9-11H2,(H2,24,29)(H,26,30). The zero-order valence-corrected chi connectivity index (χ0v) is 16.6. The number of nitrogens with two attached hydrogens (primary N) is 1. The molecule has 2 aliphatic heterocycles. The number of benzene rings is 1. The number of fused-ring (bicyclic) bond motifs is 1. The van der Waals surface area contributed by atoms with Crippen molar-refractivity contribution in [3.05, 3.63) is 51.4 Å². The van der Waals surface area contributed by atoms with E-state index in [1.807, 2.05) is 22.1 Å². The van der Waals surface area contributed by atoms with E-state index in [0.717, 1.165) is 30.2 Å². The molecule has 0 atom stereocenters. The van der Waals surface area contributed by atoms with Gasteiger partial charge in [-0.2, -0.15) is 18.3 Å². The summed E-state index contributed by atoms with van der Waals surface area (Å²) in [5, 5.41) is 5.41. The number of alkyl halides is 3. The Kier molecular flexibility index (Phi) is 5.61. The fourth-order valence-corrected chi connectivity index (χ4v) is 4.12. The maximum absolute atomic E-state index is 13.4. The summed E-state index contributed by atoms with van der Waals surface area (Å²) in [4.78, 5) is 26.3. The molecule has 1 amide bonds. The number of nitrogens with one attached hydrogen (secondary N) is 1. The van der Waals surface area contributed by atoms with Crippen LogP contribution < -0.4 is 20.9 Å². The number of piperidine rings is 1. The van der Waals surface area contributed by atoms with E-state index in [2.05, 4.69) is 5.10 Å². The summed E-state index contributed by atoms with van der Waals surface area (Å²) in [7, 11) is 0. The molecule has 3 heterocycles. The number of nitrogens with zero attached hydrogens (tertiary/aromatic N) is 3. The Morgan fingerprint density at radius 3 is 2.61 bits per heavy atom. The molecule has 2 aliphatic rings. The number of ether oxygens (including phenoxy) is 1. The molecular weight excluding hydrogens is 415 g/mol. The van der Waals surface area contributed by atoms with Gasteiger partial charge in [-0.1, -0.05) is 6.07 Å². The maximum atomic E-state index is 13.4. The number of aromatic amines is 1. The van der Waals surface area contributed by atoms with E-state index in [1.54, 1.807) is 6.07 Å². The summed E-state index contributed by atoms with van der Waals surface area (Å²) in [5.74, 6) is 0.292. The number of primary amides is 1. The molecule has 1 saturated heterocycles. The SMILES string of the molecule is NC(=O)CN1CCC(Oc2ccc3c(c2)CN(c2cn[nH]c(=O)c2C(F)(F)F)C3)CC1. The number of anilines is 1. The van der Waals surface area contributed by atoms with Gasteiger partial charge in [-0.15, -0.1) is 0 Å². The second kappa shape index (κ2) is 8.22. The number of aromatic nitrogens is 2. The normalized spacial score (nSPS) is 17.6. The summed E-state index contributed by atoms with van der Waals surface area (Å²) in [6.45, 7) is 2.12. The molecule has 2 aromatic rings. The van der Waals surface area contributed by atoms with E-state index >= 15 is 0 Å². The van der Waals surface area contributed by atoms with Gasteiger partial charge >= 0.3 is 6.18 Å². The highest BCUT2D eigenvalue weighted by Gasteiger charge is 2.39. The third-order valence-electron chi connectivity index (χ3n) is 5.58. The number of likely N-dealkylation sites (tertiary alicyclic amines) is 1. The van der Waals surface area contributed by atoms with Gasteiger partial charge in [0.25, 0.3) is 5.56 Å². The predicted molar refractivity (Wildman–Crippen MR) is 105 cm³/mol. The molecule has 0 bridgehead atoms. The third kappa shape index (κ3) is 4.66. The first-order valence-corrected chi connectivity index (χ1v) is 9.89. The third-order valence-corrected chi connectivity index (χ3v) is 5.58. The van der Waals surface area contributed by atoms with Crippen LogP contribution in [0.3, 0.4) is 0 Å². The van der Waals surface area contributed by atoms with Gasteiger partial charge in [0.15, 0.2) is 0 Å². The monoisotopic (exact) mass is 437 g/mol. The second-order valence-electron chi connectivity index (χ2n) is 7.80. The van der Waals surface area contributed by atoms with Gasteiger partial charge in [0.05, 0.1) is 18.4 Å². The van der Waals surface area contributed by atoms with Gasteiger partial charge in [0, 0.05) is 26.2 Å². The quantitative estimate of drug-likeness (QED) is 0.737. The van der Waals surface area contributed by atoms with Gasteiger partial charge in [-0.3, -0.25) is 14.5 Å². The zero-order valence-electron chi connectivity index (χ0n) is 16.6. The average Bonchev–Trinajstić information content (AvgIpc) is 3.11. The first-order chi connectivity index (χ1) is 14.7. The van der Waals surface area contributed by atoms with Crippen molar-refractivity contribution in [1.82, 2.24) is 15.1 Å². The van der Waals surface area contributed by atoms with E-state index in [1.165, 1.54) is 4.90 Å². The Morgan fingerprint density at radius 1 is 1.23 bits per heavy atom. The van der Waals surface area contributed by atoms with Crippen LogP contribution in [-0.2, 0) is 24.1 Å². The van der Waals surface area contributed by atoms with Gasteiger partial charge < -0.3 is 15.4 Å². The summed E-state index contributed by atoms with van der Waals surface area (Å²) in [6, 6.07) is 5.47. The molecule has 0 aliphatic carbocycles. The largest absolute Gasteiger partial charge is 0.490 e. The Hall–Kier alpha value is -3.08. The molecule has 0 unspecified atom stereocenters. The van der Waals surface area contributed by atoms with Gasteiger partial charge in [0.2, 0.25) is 5.91 Å². The minimum atomic E-state index is -4.78. The molecule has 31 heavy (non-hydrogen) atoms. The van der Waals surface area contributed by atoms with Crippen molar-refractivity contribution in [2.24, 2.45) is 5.73 Å². The van der Waals surface area contributed by atoms with Gasteiger partial charge in [0.1, 0.15) is 17.4 Å². The van der Waals surface area contributed by atoms with Crippen LogP contribution in [0.4, 0.5) is 18.9 Å². The lowest BCUT2D eigenvalue weighted by Crippen LogP contribution is -2.42. The molecule has 166 valence electrons. The van der Waals surface area contributed by atoms with Crippen LogP contribution in [0.25, 0.3) is 0 Å². The van der Waals surface area contributed by atoms with Crippen LogP contribution in [0.1, 0.15) is 29.5 Å². The van der Waals surface area contributed by atoms with Crippen molar-refractivity contribution in [2.75, 3.05) is 24.5 Å². The number of hydrogen-bond donors (Lipinski definition) is 2. The number of hydrogen-bond acceptors (Lipinski definition) is 6. The van der Waals surface area contributed by atoms with Gasteiger partial charge in [-0.25, -0.2) is 5.10 Å². The van der Waals surface area contributed by atoms with Crippen molar-refractivity contribution >= 4 is 11.6 Å². The summed E-state index contributed by atoms with van der Waals surface area (Å²) >= 11 is 0. The Morgan fingerprint density at radius 2 is 1.94 bits per heavy atom. The van der Waals surface area contributed by atoms with Crippen LogP contribution in [0, 0.1) is 0 Å². The Balaban J connectivity index is 1.45.